The number of hydrogen-bond donors (Lipinski definition) is 2. The second-order valence-electron chi connectivity index (χ2n) is 5.81. The van der Waals surface area contributed by atoms with Gasteiger partial charge in [0.25, 0.3) is 10.2 Å². The van der Waals surface area contributed by atoms with E-state index >= 15 is 0 Å². The molecule has 0 aromatic heterocycles. The summed E-state index contributed by atoms with van der Waals surface area (Å²) in [6.45, 7) is 10.5. The standard InChI is InChI=1S/C13H31N3O2S/c1-12(2)6-10-16(11-7-13(3)4)19(17,18)15-9-5-8-14/h12-13,15H,5-11,14H2,1-4H3. The van der Waals surface area contributed by atoms with E-state index in [2.05, 4.69) is 32.4 Å². The molecule has 5 nitrogen and oxygen atoms in total. The second-order valence-corrected chi connectivity index (χ2v) is 7.56. The fraction of sp³-hybridized carbons (Fsp3) is 1.00. The van der Waals surface area contributed by atoms with Gasteiger partial charge in [0.1, 0.15) is 0 Å². The van der Waals surface area contributed by atoms with E-state index in [0.717, 1.165) is 12.8 Å². The first-order valence-electron chi connectivity index (χ1n) is 7.24. The molecule has 0 bridgehead atoms. The number of rotatable bonds is 11. The Morgan fingerprint density at radius 2 is 1.53 bits per heavy atom. The Labute approximate surface area is 119 Å². The zero-order chi connectivity index (χ0) is 14.9. The Kier molecular flexibility index (Phi) is 9.60. The van der Waals surface area contributed by atoms with Gasteiger partial charge in [0.2, 0.25) is 0 Å². The number of nitrogens with zero attached hydrogens (tertiary/aromatic N) is 1. The van der Waals surface area contributed by atoms with Crippen molar-refractivity contribution >= 4 is 10.2 Å². The topological polar surface area (TPSA) is 75.4 Å². The lowest BCUT2D eigenvalue weighted by molar-refractivity contribution is 0.352. The number of nitrogens with two attached hydrogens (primary N) is 1. The van der Waals surface area contributed by atoms with Crippen LogP contribution in [0.5, 0.6) is 0 Å². The first kappa shape index (κ1) is 18.8. The minimum absolute atomic E-state index is 0.415. The zero-order valence-corrected chi connectivity index (χ0v) is 13.7. The summed E-state index contributed by atoms with van der Waals surface area (Å²) >= 11 is 0. The molecule has 6 heteroatoms. The molecule has 0 radical (unpaired) electrons. The minimum atomic E-state index is -3.36. The molecule has 0 unspecified atom stereocenters. The molecule has 3 N–H and O–H groups in total. The molecule has 0 aliphatic rings. The fourth-order valence-corrected chi connectivity index (χ4v) is 2.83. The van der Waals surface area contributed by atoms with E-state index in [9.17, 15) is 8.42 Å². The van der Waals surface area contributed by atoms with Crippen LogP contribution in [-0.4, -0.2) is 38.9 Å². The maximum atomic E-state index is 12.2. The van der Waals surface area contributed by atoms with Crippen LogP contribution in [0.3, 0.4) is 0 Å². The predicted octanol–water partition coefficient (Wildman–Crippen LogP) is 1.56. The summed E-state index contributed by atoms with van der Waals surface area (Å²) in [6, 6.07) is 0. The summed E-state index contributed by atoms with van der Waals surface area (Å²) in [5.74, 6) is 1.00. The van der Waals surface area contributed by atoms with Gasteiger partial charge in [0.05, 0.1) is 0 Å². The van der Waals surface area contributed by atoms with Gasteiger partial charge < -0.3 is 5.73 Å². The quantitative estimate of drug-likeness (QED) is 0.568. The fourth-order valence-electron chi connectivity index (χ4n) is 1.55. The van der Waals surface area contributed by atoms with Crippen LogP contribution < -0.4 is 10.5 Å². The predicted molar refractivity (Wildman–Crippen MR) is 81.1 cm³/mol. The van der Waals surface area contributed by atoms with Crippen molar-refractivity contribution in [1.82, 2.24) is 9.03 Å². The molecular weight excluding hydrogens is 262 g/mol. The van der Waals surface area contributed by atoms with E-state index in [4.69, 9.17) is 5.73 Å². The van der Waals surface area contributed by atoms with Crippen LogP contribution in [0.4, 0.5) is 0 Å². The molecule has 0 fully saturated rings. The van der Waals surface area contributed by atoms with Gasteiger partial charge in [-0.2, -0.15) is 12.7 Å². The SMILES string of the molecule is CC(C)CCN(CCC(C)C)S(=O)(=O)NCCCN. The largest absolute Gasteiger partial charge is 0.330 e. The lowest BCUT2D eigenvalue weighted by Gasteiger charge is -2.24. The first-order chi connectivity index (χ1) is 8.79. The van der Waals surface area contributed by atoms with Crippen LogP contribution in [0.25, 0.3) is 0 Å². The maximum Gasteiger partial charge on any atom is 0.279 e. The Balaban J connectivity index is 4.50. The summed E-state index contributed by atoms with van der Waals surface area (Å²) in [6.07, 6.45) is 2.44. The maximum absolute atomic E-state index is 12.2. The molecule has 116 valence electrons. The Bertz CT molecular complexity index is 304. The van der Waals surface area contributed by atoms with E-state index in [1.54, 1.807) is 4.31 Å². The van der Waals surface area contributed by atoms with Gasteiger partial charge in [0.15, 0.2) is 0 Å². The van der Waals surface area contributed by atoms with Gasteiger partial charge in [-0.25, -0.2) is 4.72 Å². The monoisotopic (exact) mass is 293 g/mol. The molecule has 0 aromatic rings. The molecule has 0 atom stereocenters. The van der Waals surface area contributed by atoms with Crippen molar-refractivity contribution in [1.29, 1.82) is 0 Å². The summed E-state index contributed by atoms with van der Waals surface area (Å²) in [4.78, 5) is 0. The molecule has 0 saturated carbocycles. The molecular formula is C13H31N3O2S. The Morgan fingerprint density at radius 3 is 1.89 bits per heavy atom. The van der Waals surface area contributed by atoms with E-state index in [1.165, 1.54) is 0 Å². The van der Waals surface area contributed by atoms with Crippen LogP contribution in [0.15, 0.2) is 0 Å². The highest BCUT2D eigenvalue weighted by Gasteiger charge is 2.21. The first-order valence-corrected chi connectivity index (χ1v) is 8.68. The third-order valence-electron chi connectivity index (χ3n) is 2.92. The molecule has 0 spiro atoms. The van der Waals surface area contributed by atoms with Gasteiger partial charge in [-0.3, -0.25) is 0 Å². The van der Waals surface area contributed by atoms with Crippen LogP contribution in [0, 0.1) is 11.8 Å². The molecule has 0 aliphatic carbocycles. The Morgan fingerprint density at radius 1 is 1.05 bits per heavy atom. The highest BCUT2D eigenvalue weighted by Crippen LogP contribution is 2.09. The Hall–Kier alpha value is -0.170. The second kappa shape index (κ2) is 9.69. The highest BCUT2D eigenvalue weighted by atomic mass is 32.2. The van der Waals surface area contributed by atoms with Crippen LogP contribution >= 0.6 is 0 Å². The average molecular weight is 293 g/mol. The van der Waals surface area contributed by atoms with Crippen molar-refractivity contribution in [2.24, 2.45) is 17.6 Å². The molecule has 0 rings (SSSR count). The van der Waals surface area contributed by atoms with Gasteiger partial charge >= 0.3 is 0 Å². The summed E-state index contributed by atoms with van der Waals surface area (Å²) < 4.78 is 28.6. The number of nitrogens with one attached hydrogen (secondary N) is 1. The molecule has 0 aromatic carbocycles. The molecule has 0 saturated heterocycles. The van der Waals surface area contributed by atoms with Crippen LogP contribution in [-0.2, 0) is 10.2 Å². The molecule has 0 heterocycles. The normalized spacial score (nSPS) is 12.8. The molecule has 19 heavy (non-hydrogen) atoms. The molecule has 0 amide bonds. The van der Waals surface area contributed by atoms with Crippen molar-refractivity contribution in [3.05, 3.63) is 0 Å². The highest BCUT2D eigenvalue weighted by molar-refractivity contribution is 7.87. The van der Waals surface area contributed by atoms with Crippen molar-refractivity contribution in [2.75, 3.05) is 26.2 Å². The van der Waals surface area contributed by atoms with Crippen molar-refractivity contribution in [3.8, 4) is 0 Å². The third-order valence-corrected chi connectivity index (χ3v) is 4.53. The summed E-state index contributed by atoms with van der Waals surface area (Å²) in [7, 11) is -3.36. The van der Waals surface area contributed by atoms with Gasteiger partial charge in [-0.15, -0.1) is 0 Å². The van der Waals surface area contributed by atoms with E-state index in [1.807, 2.05) is 0 Å². The van der Waals surface area contributed by atoms with Gasteiger partial charge in [-0.1, -0.05) is 27.7 Å². The smallest absolute Gasteiger partial charge is 0.279 e. The summed E-state index contributed by atoms with van der Waals surface area (Å²) in [5, 5.41) is 0. The van der Waals surface area contributed by atoms with Crippen LogP contribution in [0.2, 0.25) is 0 Å². The lowest BCUT2D eigenvalue weighted by Crippen LogP contribution is -2.43. The zero-order valence-electron chi connectivity index (χ0n) is 12.9. The average Bonchev–Trinajstić information content (AvgIpc) is 2.27. The number of hydrogen-bond acceptors (Lipinski definition) is 3. The van der Waals surface area contributed by atoms with E-state index in [-0.39, 0.29) is 0 Å². The summed E-state index contributed by atoms with van der Waals surface area (Å²) in [5.41, 5.74) is 5.38. The molecule has 0 aliphatic heterocycles. The van der Waals surface area contributed by atoms with E-state index in [0.29, 0.717) is 44.4 Å². The van der Waals surface area contributed by atoms with Crippen molar-refractivity contribution in [3.63, 3.8) is 0 Å². The van der Waals surface area contributed by atoms with Crippen LogP contribution in [0.1, 0.15) is 47.0 Å². The third kappa shape index (κ3) is 9.38. The van der Waals surface area contributed by atoms with Crippen molar-refractivity contribution in [2.45, 2.75) is 47.0 Å². The lowest BCUT2D eigenvalue weighted by atomic mass is 10.1. The van der Waals surface area contributed by atoms with Gasteiger partial charge in [-0.05, 0) is 37.6 Å². The minimum Gasteiger partial charge on any atom is -0.330 e. The van der Waals surface area contributed by atoms with Crippen molar-refractivity contribution < 1.29 is 8.42 Å². The van der Waals surface area contributed by atoms with Gasteiger partial charge in [0, 0.05) is 19.6 Å². The van der Waals surface area contributed by atoms with E-state index < -0.39 is 10.2 Å².